The van der Waals surface area contributed by atoms with Gasteiger partial charge in [-0.15, -0.1) is 12.4 Å². The maximum Gasteiger partial charge on any atom is 0.233 e. The average molecular weight is 257 g/mol. The van der Waals surface area contributed by atoms with Crippen LogP contribution in [0.5, 0.6) is 0 Å². The highest BCUT2D eigenvalue weighted by Crippen LogP contribution is 2.13. The Labute approximate surface area is 109 Å². The fourth-order valence-electron chi connectivity index (χ4n) is 1.79. The molecular formula is C13H21ClN2O. The second kappa shape index (κ2) is 8.09. The van der Waals surface area contributed by atoms with Crippen LogP contribution < -0.4 is 10.6 Å². The number of nitrogens with one attached hydrogen (secondary N) is 2. The highest BCUT2D eigenvalue weighted by Gasteiger charge is 2.03. The van der Waals surface area contributed by atoms with E-state index in [1.54, 1.807) is 7.05 Å². The highest BCUT2D eigenvalue weighted by molar-refractivity contribution is 5.85. The van der Waals surface area contributed by atoms with E-state index in [1.807, 2.05) is 0 Å². The van der Waals surface area contributed by atoms with Crippen molar-refractivity contribution in [2.75, 3.05) is 20.1 Å². The van der Waals surface area contributed by atoms with Crippen LogP contribution in [0.3, 0.4) is 0 Å². The molecule has 0 saturated carbocycles. The molecule has 1 aromatic carbocycles. The summed E-state index contributed by atoms with van der Waals surface area (Å²) >= 11 is 0. The standard InChI is InChI=1S/C13H20N2O.ClH/c1-10-5-4-6-11(2)12(10)7-8-15-13(16)9-14-3;/h4-6,14H,7-9H2,1-3H3,(H,15,16);1H. The third-order valence-electron chi connectivity index (χ3n) is 2.68. The zero-order chi connectivity index (χ0) is 12.0. The number of hydrogen-bond donors (Lipinski definition) is 2. The van der Waals surface area contributed by atoms with Gasteiger partial charge in [-0.25, -0.2) is 0 Å². The summed E-state index contributed by atoms with van der Waals surface area (Å²) in [6.07, 6.45) is 0.897. The van der Waals surface area contributed by atoms with Gasteiger partial charge in [-0.2, -0.15) is 0 Å². The monoisotopic (exact) mass is 256 g/mol. The molecule has 0 aromatic heterocycles. The van der Waals surface area contributed by atoms with Gasteiger partial charge in [0.15, 0.2) is 0 Å². The van der Waals surface area contributed by atoms with E-state index in [1.165, 1.54) is 16.7 Å². The summed E-state index contributed by atoms with van der Waals surface area (Å²) in [4.78, 5) is 11.2. The van der Waals surface area contributed by atoms with Crippen molar-refractivity contribution in [2.24, 2.45) is 0 Å². The maximum atomic E-state index is 11.2. The van der Waals surface area contributed by atoms with Crippen LogP contribution in [0, 0.1) is 13.8 Å². The van der Waals surface area contributed by atoms with Gasteiger partial charge in [0.25, 0.3) is 0 Å². The molecule has 2 N–H and O–H groups in total. The lowest BCUT2D eigenvalue weighted by molar-refractivity contribution is -0.120. The second-order valence-corrected chi connectivity index (χ2v) is 4.00. The van der Waals surface area contributed by atoms with Crippen molar-refractivity contribution in [1.29, 1.82) is 0 Å². The normalized spacial score (nSPS) is 9.59. The van der Waals surface area contributed by atoms with E-state index in [-0.39, 0.29) is 18.3 Å². The molecule has 96 valence electrons. The molecule has 0 bridgehead atoms. The van der Waals surface area contributed by atoms with Crippen molar-refractivity contribution in [3.05, 3.63) is 34.9 Å². The Kier molecular flexibility index (Phi) is 7.59. The molecule has 3 nitrogen and oxygen atoms in total. The largest absolute Gasteiger partial charge is 0.355 e. The molecule has 0 atom stereocenters. The summed E-state index contributed by atoms with van der Waals surface area (Å²) in [7, 11) is 1.77. The molecule has 0 radical (unpaired) electrons. The van der Waals surface area contributed by atoms with E-state index in [4.69, 9.17) is 0 Å². The zero-order valence-electron chi connectivity index (χ0n) is 10.7. The Hall–Kier alpha value is -1.06. The summed E-state index contributed by atoms with van der Waals surface area (Å²) in [6.45, 7) is 5.30. The number of benzene rings is 1. The lowest BCUT2D eigenvalue weighted by Crippen LogP contribution is -2.33. The average Bonchev–Trinajstić information content (AvgIpc) is 2.23. The zero-order valence-corrected chi connectivity index (χ0v) is 11.5. The predicted octanol–water partition coefficient (Wildman–Crippen LogP) is 1.60. The third-order valence-corrected chi connectivity index (χ3v) is 2.68. The van der Waals surface area contributed by atoms with Crippen molar-refractivity contribution in [2.45, 2.75) is 20.3 Å². The van der Waals surface area contributed by atoms with Crippen LogP contribution in [0.4, 0.5) is 0 Å². The molecule has 1 aromatic rings. The van der Waals surface area contributed by atoms with E-state index in [9.17, 15) is 4.79 Å². The summed E-state index contributed by atoms with van der Waals surface area (Å²) in [5.41, 5.74) is 3.93. The van der Waals surface area contributed by atoms with Gasteiger partial charge in [0.05, 0.1) is 6.54 Å². The molecule has 0 aliphatic rings. The van der Waals surface area contributed by atoms with E-state index < -0.39 is 0 Å². The van der Waals surface area contributed by atoms with Gasteiger partial charge >= 0.3 is 0 Å². The molecule has 1 rings (SSSR count). The number of aryl methyl sites for hydroxylation is 2. The minimum atomic E-state index is 0. The molecule has 0 fully saturated rings. The van der Waals surface area contributed by atoms with Crippen molar-refractivity contribution < 1.29 is 4.79 Å². The summed E-state index contributed by atoms with van der Waals surface area (Å²) in [6, 6.07) is 6.28. The number of hydrogen-bond acceptors (Lipinski definition) is 2. The number of carbonyl (C=O) groups is 1. The lowest BCUT2D eigenvalue weighted by atomic mass is 10.0. The second-order valence-electron chi connectivity index (χ2n) is 4.00. The minimum Gasteiger partial charge on any atom is -0.355 e. The van der Waals surface area contributed by atoms with E-state index in [2.05, 4.69) is 42.7 Å². The molecule has 17 heavy (non-hydrogen) atoms. The third kappa shape index (κ3) is 5.20. The molecule has 0 spiro atoms. The molecule has 0 aliphatic carbocycles. The summed E-state index contributed by atoms with van der Waals surface area (Å²) < 4.78 is 0. The molecule has 0 heterocycles. The predicted molar refractivity (Wildman–Crippen MR) is 73.8 cm³/mol. The summed E-state index contributed by atoms with van der Waals surface area (Å²) in [5, 5.41) is 5.71. The van der Waals surface area contributed by atoms with Crippen LogP contribution in [0.25, 0.3) is 0 Å². The smallest absolute Gasteiger partial charge is 0.233 e. The first-order chi connectivity index (χ1) is 7.65. The van der Waals surface area contributed by atoms with Gasteiger partial charge < -0.3 is 10.6 Å². The lowest BCUT2D eigenvalue weighted by Gasteiger charge is -2.10. The Bertz CT molecular complexity index is 346. The Morgan fingerprint density at radius 2 is 1.82 bits per heavy atom. The molecule has 4 heteroatoms. The Morgan fingerprint density at radius 1 is 1.24 bits per heavy atom. The quantitative estimate of drug-likeness (QED) is 0.840. The van der Waals surface area contributed by atoms with Gasteiger partial charge in [-0.1, -0.05) is 18.2 Å². The van der Waals surface area contributed by atoms with Crippen LogP contribution in [-0.2, 0) is 11.2 Å². The first kappa shape index (κ1) is 15.9. The van der Waals surface area contributed by atoms with Crippen LogP contribution in [0.15, 0.2) is 18.2 Å². The molecule has 1 amide bonds. The Balaban J connectivity index is 0.00000256. The summed E-state index contributed by atoms with van der Waals surface area (Å²) in [5.74, 6) is 0.0498. The number of carbonyl (C=O) groups excluding carboxylic acids is 1. The topological polar surface area (TPSA) is 41.1 Å². The van der Waals surface area contributed by atoms with E-state index >= 15 is 0 Å². The van der Waals surface area contributed by atoms with Gasteiger partial charge in [0.2, 0.25) is 5.91 Å². The maximum absolute atomic E-state index is 11.2. The number of rotatable bonds is 5. The van der Waals surface area contributed by atoms with Crippen LogP contribution in [0.2, 0.25) is 0 Å². The molecule has 0 saturated heterocycles. The van der Waals surface area contributed by atoms with Gasteiger partial charge in [-0.05, 0) is 44.0 Å². The van der Waals surface area contributed by atoms with Gasteiger partial charge in [-0.3, -0.25) is 4.79 Å². The van der Waals surface area contributed by atoms with E-state index in [0.717, 1.165) is 6.42 Å². The van der Waals surface area contributed by atoms with Crippen molar-refractivity contribution >= 4 is 18.3 Å². The number of amides is 1. The molecule has 0 aliphatic heterocycles. The van der Waals surface area contributed by atoms with Crippen LogP contribution in [0.1, 0.15) is 16.7 Å². The highest BCUT2D eigenvalue weighted by atomic mass is 35.5. The molecule has 0 unspecified atom stereocenters. The number of likely N-dealkylation sites (N-methyl/N-ethyl adjacent to an activating group) is 1. The fraction of sp³-hybridized carbons (Fsp3) is 0.462. The number of halogens is 1. The van der Waals surface area contributed by atoms with Crippen LogP contribution >= 0.6 is 12.4 Å². The molecular weight excluding hydrogens is 236 g/mol. The Morgan fingerprint density at radius 3 is 2.35 bits per heavy atom. The van der Waals surface area contributed by atoms with Crippen molar-refractivity contribution in [1.82, 2.24) is 10.6 Å². The first-order valence-electron chi connectivity index (χ1n) is 5.61. The first-order valence-corrected chi connectivity index (χ1v) is 5.61. The van der Waals surface area contributed by atoms with Crippen molar-refractivity contribution in [3.8, 4) is 0 Å². The van der Waals surface area contributed by atoms with E-state index in [0.29, 0.717) is 13.1 Å². The fourth-order valence-corrected chi connectivity index (χ4v) is 1.79. The van der Waals surface area contributed by atoms with Crippen LogP contribution in [-0.4, -0.2) is 26.0 Å². The minimum absolute atomic E-state index is 0. The van der Waals surface area contributed by atoms with Gasteiger partial charge in [0.1, 0.15) is 0 Å². The van der Waals surface area contributed by atoms with Crippen molar-refractivity contribution in [3.63, 3.8) is 0 Å². The van der Waals surface area contributed by atoms with Gasteiger partial charge in [0, 0.05) is 6.54 Å². The SMILES string of the molecule is CNCC(=O)NCCc1c(C)cccc1C.Cl.